The summed E-state index contributed by atoms with van der Waals surface area (Å²) < 4.78 is 5.68. The third-order valence-electron chi connectivity index (χ3n) is 2.75. The molecule has 1 rings (SSSR count). The van der Waals surface area contributed by atoms with E-state index in [4.69, 9.17) is 9.84 Å². The molecule has 0 saturated carbocycles. The van der Waals surface area contributed by atoms with Crippen molar-refractivity contribution < 1.29 is 14.6 Å². The van der Waals surface area contributed by atoms with Gasteiger partial charge in [0.25, 0.3) is 0 Å². The van der Waals surface area contributed by atoms with E-state index in [0.717, 1.165) is 24.4 Å². The number of nitrogens with zero attached hydrogens (tertiary/aromatic N) is 1. The maximum Gasteiger partial charge on any atom is 0.303 e. The number of carboxylic acid groups (broad SMARTS) is 1. The number of likely N-dealkylation sites (N-methyl/N-ethyl adjacent to an activating group) is 1. The Hall–Kier alpha value is -1.55. The minimum absolute atomic E-state index is 0.225. The molecule has 0 aliphatic carbocycles. The van der Waals surface area contributed by atoms with Crippen molar-refractivity contribution in [1.29, 1.82) is 0 Å². The van der Waals surface area contributed by atoms with Crippen LogP contribution in [-0.2, 0) is 4.79 Å². The molecule has 0 saturated heterocycles. The van der Waals surface area contributed by atoms with Crippen LogP contribution in [0.15, 0.2) is 24.3 Å². The number of ether oxygens (including phenoxy) is 1. The average molecular weight is 251 g/mol. The summed E-state index contributed by atoms with van der Waals surface area (Å²) in [6.07, 6.45) is 0.902. The molecule has 0 radical (unpaired) electrons. The Bertz CT molecular complexity index is 379. The first-order chi connectivity index (χ1) is 8.59. The van der Waals surface area contributed by atoms with Crippen LogP contribution >= 0.6 is 0 Å². The third kappa shape index (κ3) is 5.68. The fraction of sp³-hybridized carbons (Fsp3) is 0.500. The molecule has 0 atom stereocenters. The van der Waals surface area contributed by atoms with Crippen LogP contribution in [0.4, 0.5) is 0 Å². The average Bonchev–Trinajstić information content (AvgIpc) is 2.31. The zero-order valence-electron chi connectivity index (χ0n) is 11.1. The Balaban J connectivity index is 2.17. The molecule has 0 bridgehead atoms. The van der Waals surface area contributed by atoms with Gasteiger partial charge in [-0.05, 0) is 38.6 Å². The quantitative estimate of drug-likeness (QED) is 0.769. The van der Waals surface area contributed by atoms with Crippen LogP contribution < -0.4 is 4.74 Å². The lowest BCUT2D eigenvalue weighted by Gasteiger charge is -2.16. The fourth-order valence-electron chi connectivity index (χ4n) is 1.64. The third-order valence-corrected chi connectivity index (χ3v) is 2.75. The topological polar surface area (TPSA) is 49.8 Å². The Labute approximate surface area is 108 Å². The highest BCUT2D eigenvalue weighted by Crippen LogP contribution is 2.15. The van der Waals surface area contributed by atoms with Gasteiger partial charge >= 0.3 is 5.97 Å². The monoisotopic (exact) mass is 251 g/mol. The number of rotatable bonds is 8. The van der Waals surface area contributed by atoms with Gasteiger partial charge in [0.05, 0.1) is 0 Å². The van der Waals surface area contributed by atoms with E-state index in [1.807, 2.05) is 38.2 Å². The van der Waals surface area contributed by atoms with Gasteiger partial charge in [-0.15, -0.1) is 0 Å². The molecule has 0 aromatic heterocycles. The second-order valence-electron chi connectivity index (χ2n) is 4.41. The van der Waals surface area contributed by atoms with E-state index in [9.17, 15) is 4.79 Å². The first kappa shape index (κ1) is 14.5. The number of hydrogen-bond donors (Lipinski definition) is 1. The van der Waals surface area contributed by atoms with Crippen molar-refractivity contribution in [1.82, 2.24) is 4.90 Å². The molecule has 18 heavy (non-hydrogen) atoms. The summed E-state index contributed by atoms with van der Waals surface area (Å²) in [5.74, 6) is 0.177. The van der Waals surface area contributed by atoms with Crippen LogP contribution in [0.1, 0.15) is 18.4 Å². The smallest absolute Gasteiger partial charge is 0.303 e. The molecule has 100 valence electrons. The molecular formula is C14H21NO3. The van der Waals surface area contributed by atoms with Crippen LogP contribution in [0.5, 0.6) is 5.75 Å². The Morgan fingerprint density at radius 3 is 2.72 bits per heavy atom. The van der Waals surface area contributed by atoms with Gasteiger partial charge < -0.3 is 14.7 Å². The Morgan fingerprint density at radius 1 is 1.33 bits per heavy atom. The second kappa shape index (κ2) is 7.71. The minimum atomic E-state index is -0.737. The summed E-state index contributed by atoms with van der Waals surface area (Å²) in [5.41, 5.74) is 1.13. The number of aliphatic carboxylic acids is 1. The normalized spacial score (nSPS) is 10.6. The highest BCUT2D eigenvalue weighted by molar-refractivity contribution is 5.66. The van der Waals surface area contributed by atoms with E-state index in [2.05, 4.69) is 4.90 Å². The van der Waals surface area contributed by atoms with Gasteiger partial charge in [0.15, 0.2) is 0 Å². The molecular weight excluding hydrogens is 230 g/mol. The van der Waals surface area contributed by atoms with Crippen LogP contribution in [0.3, 0.4) is 0 Å². The molecule has 0 fully saturated rings. The maximum atomic E-state index is 10.4. The van der Waals surface area contributed by atoms with Gasteiger partial charge in [-0.25, -0.2) is 0 Å². The summed E-state index contributed by atoms with van der Waals surface area (Å²) in [4.78, 5) is 12.5. The standard InChI is InChI=1S/C14H21NO3/c1-12-6-3-4-7-13(12)18-11-10-15(2)9-5-8-14(16)17/h3-4,6-7H,5,8-11H2,1-2H3,(H,16,17). The number of para-hydroxylation sites is 1. The van der Waals surface area contributed by atoms with Crippen molar-refractivity contribution in [2.45, 2.75) is 19.8 Å². The maximum absolute atomic E-state index is 10.4. The SMILES string of the molecule is Cc1ccccc1OCCN(C)CCCC(=O)O. The van der Waals surface area contributed by atoms with Crippen molar-refractivity contribution in [3.8, 4) is 5.75 Å². The predicted octanol–water partition coefficient (Wildman–Crippen LogP) is 2.17. The van der Waals surface area contributed by atoms with Crippen molar-refractivity contribution in [3.05, 3.63) is 29.8 Å². The molecule has 1 N–H and O–H groups in total. The Kier molecular flexibility index (Phi) is 6.22. The van der Waals surface area contributed by atoms with Crippen molar-refractivity contribution in [3.63, 3.8) is 0 Å². The summed E-state index contributed by atoms with van der Waals surface area (Å²) in [7, 11) is 1.98. The van der Waals surface area contributed by atoms with Gasteiger partial charge in [-0.3, -0.25) is 4.79 Å². The van der Waals surface area contributed by atoms with Gasteiger partial charge in [0.1, 0.15) is 12.4 Å². The van der Waals surface area contributed by atoms with E-state index in [-0.39, 0.29) is 6.42 Å². The zero-order valence-corrected chi connectivity index (χ0v) is 11.1. The predicted molar refractivity (Wildman–Crippen MR) is 71.0 cm³/mol. The van der Waals surface area contributed by atoms with Crippen LogP contribution in [-0.4, -0.2) is 42.7 Å². The summed E-state index contributed by atoms with van der Waals surface area (Å²) in [6.45, 7) is 4.22. The first-order valence-electron chi connectivity index (χ1n) is 6.18. The van der Waals surface area contributed by atoms with Crippen LogP contribution in [0.2, 0.25) is 0 Å². The fourth-order valence-corrected chi connectivity index (χ4v) is 1.64. The van der Waals surface area contributed by atoms with E-state index in [1.165, 1.54) is 0 Å². The van der Waals surface area contributed by atoms with Gasteiger partial charge in [0, 0.05) is 13.0 Å². The Morgan fingerprint density at radius 2 is 2.06 bits per heavy atom. The molecule has 4 heteroatoms. The van der Waals surface area contributed by atoms with Gasteiger partial charge in [-0.2, -0.15) is 0 Å². The van der Waals surface area contributed by atoms with E-state index >= 15 is 0 Å². The van der Waals surface area contributed by atoms with E-state index in [0.29, 0.717) is 13.0 Å². The van der Waals surface area contributed by atoms with Crippen molar-refractivity contribution in [2.24, 2.45) is 0 Å². The second-order valence-corrected chi connectivity index (χ2v) is 4.41. The lowest BCUT2D eigenvalue weighted by molar-refractivity contribution is -0.137. The molecule has 0 unspecified atom stereocenters. The number of carboxylic acids is 1. The number of hydrogen-bond acceptors (Lipinski definition) is 3. The molecule has 4 nitrogen and oxygen atoms in total. The van der Waals surface area contributed by atoms with Gasteiger partial charge in [0.2, 0.25) is 0 Å². The summed E-state index contributed by atoms with van der Waals surface area (Å²) in [6, 6.07) is 7.92. The van der Waals surface area contributed by atoms with Gasteiger partial charge in [-0.1, -0.05) is 18.2 Å². The summed E-state index contributed by atoms with van der Waals surface area (Å²) in [5, 5.41) is 8.54. The van der Waals surface area contributed by atoms with E-state index in [1.54, 1.807) is 0 Å². The lowest BCUT2D eigenvalue weighted by atomic mass is 10.2. The molecule has 0 aliphatic rings. The van der Waals surface area contributed by atoms with E-state index < -0.39 is 5.97 Å². The molecule has 0 amide bonds. The largest absolute Gasteiger partial charge is 0.492 e. The number of benzene rings is 1. The highest BCUT2D eigenvalue weighted by Gasteiger charge is 2.02. The van der Waals surface area contributed by atoms with Crippen molar-refractivity contribution in [2.75, 3.05) is 26.7 Å². The molecule has 1 aromatic rings. The number of carbonyl (C=O) groups is 1. The molecule has 1 aromatic carbocycles. The molecule has 0 heterocycles. The van der Waals surface area contributed by atoms with Crippen molar-refractivity contribution >= 4 is 5.97 Å². The van der Waals surface area contributed by atoms with Crippen LogP contribution in [0.25, 0.3) is 0 Å². The molecule has 0 aliphatic heterocycles. The number of aryl methyl sites for hydroxylation is 1. The highest BCUT2D eigenvalue weighted by atomic mass is 16.5. The minimum Gasteiger partial charge on any atom is -0.492 e. The lowest BCUT2D eigenvalue weighted by Crippen LogP contribution is -2.25. The first-order valence-corrected chi connectivity index (χ1v) is 6.18. The molecule has 0 spiro atoms. The zero-order chi connectivity index (χ0) is 13.4. The summed E-state index contributed by atoms with van der Waals surface area (Å²) >= 11 is 0. The van der Waals surface area contributed by atoms with Crippen LogP contribution in [0, 0.1) is 6.92 Å².